The maximum absolute atomic E-state index is 12.4. The predicted molar refractivity (Wildman–Crippen MR) is 98.1 cm³/mol. The fourth-order valence-electron chi connectivity index (χ4n) is 2.85. The lowest BCUT2D eigenvalue weighted by Crippen LogP contribution is -2.41. The number of hydrogen-bond donors (Lipinski definition) is 1. The molecule has 1 aliphatic rings. The van der Waals surface area contributed by atoms with E-state index in [2.05, 4.69) is 0 Å². The third-order valence-electron chi connectivity index (χ3n) is 4.30. The van der Waals surface area contributed by atoms with Crippen LogP contribution < -0.4 is 5.73 Å². The number of carbonyl (C=O) groups is 1. The molecule has 1 heterocycles. The van der Waals surface area contributed by atoms with Crippen LogP contribution in [0.2, 0.25) is 0 Å². The second-order valence-electron chi connectivity index (χ2n) is 7.59. The van der Waals surface area contributed by atoms with E-state index in [4.69, 9.17) is 10.5 Å². The van der Waals surface area contributed by atoms with Crippen molar-refractivity contribution in [2.75, 3.05) is 24.6 Å². The Bertz CT molecular complexity index is 685. The number of nitrogens with zero attached hydrogens (tertiary/aromatic N) is 1. The molecule has 7 heteroatoms. The van der Waals surface area contributed by atoms with Gasteiger partial charge in [-0.1, -0.05) is 0 Å². The molecule has 2 N–H and O–H groups in total. The second-order valence-corrected chi connectivity index (χ2v) is 9.70. The first-order valence-electron chi connectivity index (χ1n) is 8.63. The Labute approximate surface area is 150 Å². The summed E-state index contributed by atoms with van der Waals surface area (Å²) in [6, 6.07) is 6.31. The summed E-state index contributed by atoms with van der Waals surface area (Å²) >= 11 is 0. The van der Waals surface area contributed by atoms with Crippen molar-refractivity contribution in [1.29, 1.82) is 0 Å². The predicted octanol–water partition coefficient (Wildman–Crippen LogP) is 3.08. The van der Waals surface area contributed by atoms with Gasteiger partial charge in [0.1, 0.15) is 5.60 Å². The van der Waals surface area contributed by atoms with Gasteiger partial charge in [0.15, 0.2) is 9.84 Å². The van der Waals surface area contributed by atoms with Crippen LogP contribution in [-0.4, -0.2) is 43.9 Å². The molecule has 0 radical (unpaired) electrons. The number of piperidine rings is 1. The van der Waals surface area contributed by atoms with E-state index >= 15 is 0 Å². The van der Waals surface area contributed by atoms with Gasteiger partial charge in [-0.3, -0.25) is 0 Å². The lowest BCUT2D eigenvalue weighted by Gasteiger charge is -2.33. The number of amides is 1. The van der Waals surface area contributed by atoms with Gasteiger partial charge in [0, 0.05) is 18.8 Å². The van der Waals surface area contributed by atoms with Gasteiger partial charge < -0.3 is 15.4 Å². The van der Waals surface area contributed by atoms with E-state index in [0.29, 0.717) is 36.0 Å². The molecule has 0 saturated carbocycles. The highest BCUT2D eigenvalue weighted by molar-refractivity contribution is 7.91. The van der Waals surface area contributed by atoms with Crippen LogP contribution >= 0.6 is 0 Å². The third kappa shape index (κ3) is 5.92. The first kappa shape index (κ1) is 19.6. The van der Waals surface area contributed by atoms with Crippen LogP contribution in [0.15, 0.2) is 29.2 Å². The molecule has 0 aromatic heterocycles. The van der Waals surface area contributed by atoms with Crippen molar-refractivity contribution >= 4 is 21.6 Å². The molecule has 1 aliphatic heterocycles. The molecule has 6 nitrogen and oxygen atoms in total. The van der Waals surface area contributed by atoms with Gasteiger partial charge in [0.2, 0.25) is 0 Å². The van der Waals surface area contributed by atoms with Crippen LogP contribution in [0.3, 0.4) is 0 Å². The summed E-state index contributed by atoms with van der Waals surface area (Å²) < 4.78 is 30.2. The summed E-state index contributed by atoms with van der Waals surface area (Å²) in [5, 5.41) is 0. The highest BCUT2D eigenvalue weighted by Crippen LogP contribution is 2.24. The Morgan fingerprint density at radius 3 is 2.28 bits per heavy atom. The van der Waals surface area contributed by atoms with Crippen LogP contribution in [0.4, 0.5) is 10.5 Å². The van der Waals surface area contributed by atoms with Crippen molar-refractivity contribution in [2.24, 2.45) is 5.92 Å². The maximum Gasteiger partial charge on any atom is 0.410 e. The molecular formula is C18H28N2O4S. The number of likely N-dealkylation sites (tertiary alicyclic amines) is 1. The molecule has 0 unspecified atom stereocenters. The number of ether oxygens (including phenoxy) is 1. The van der Waals surface area contributed by atoms with E-state index in [9.17, 15) is 13.2 Å². The monoisotopic (exact) mass is 368 g/mol. The summed E-state index contributed by atoms with van der Waals surface area (Å²) in [4.78, 5) is 14.1. The average Bonchev–Trinajstić information content (AvgIpc) is 2.52. The minimum atomic E-state index is -3.29. The smallest absolute Gasteiger partial charge is 0.410 e. The lowest BCUT2D eigenvalue weighted by molar-refractivity contribution is 0.0183. The van der Waals surface area contributed by atoms with Gasteiger partial charge in [-0.2, -0.15) is 0 Å². The summed E-state index contributed by atoms with van der Waals surface area (Å²) in [5.41, 5.74) is 5.65. The summed E-state index contributed by atoms with van der Waals surface area (Å²) in [6.45, 7) is 6.77. The molecule has 1 aromatic carbocycles. The number of hydrogen-bond acceptors (Lipinski definition) is 5. The van der Waals surface area contributed by atoms with Crippen LogP contribution in [0, 0.1) is 5.92 Å². The molecule has 1 saturated heterocycles. The lowest BCUT2D eigenvalue weighted by atomic mass is 9.95. The van der Waals surface area contributed by atoms with E-state index < -0.39 is 15.4 Å². The molecule has 2 rings (SSSR count). The molecule has 0 spiro atoms. The molecule has 1 fully saturated rings. The average molecular weight is 368 g/mol. The minimum Gasteiger partial charge on any atom is -0.444 e. The van der Waals surface area contributed by atoms with Crippen molar-refractivity contribution in [2.45, 2.75) is 50.5 Å². The van der Waals surface area contributed by atoms with Gasteiger partial charge in [-0.15, -0.1) is 0 Å². The Morgan fingerprint density at radius 2 is 1.76 bits per heavy atom. The molecule has 0 bridgehead atoms. The number of sulfone groups is 1. The molecule has 25 heavy (non-hydrogen) atoms. The van der Waals surface area contributed by atoms with E-state index in [-0.39, 0.29) is 11.8 Å². The standard InChI is InChI=1S/C18H28N2O4S/c1-18(2,3)24-17(21)20-11-8-14(9-12-20)10-13-25(22,23)16-6-4-15(19)5-7-16/h4-7,14H,8-13,19H2,1-3H3. The van der Waals surface area contributed by atoms with E-state index in [1.807, 2.05) is 20.8 Å². The third-order valence-corrected chi connectivity index (χ3v) is 6.06. The molecule has 0 aliphatic carbocycles. The number of benzene rings is 1. The molecule has 0 atom stereocenters. The van der Waals surface area contributed by atoms with Crippen molar-refractivity contribution in [1.82, 2.24) is 4.90 Å². The fourth-order valence-corrected chi connectivity index (χ4v) is 4.28. The molecule has 140 valence electrons. The zero-order valence-electron chi connectivity index (χ0n) is 15.2. The number of carbonyl (C=O) groups excluding carboxylic acids is 1. The topological polar surface area (TPSA) is 89.7 Å². The van der Waals surface area contributed by atoms with Crippen LogP contribution in [0.25, 0.3) is 0 Å². The minimum absolute atomic E-state index is 0.119. The van der Waals surface area contributed by atoms with Gasteiger partial charge in [-0.05, 0) is 70.2 Å². The van der Waals surface area contributed by atoms with Crippen molar-refractivity contribution < 1.29 is 17.9 Å². The Kier molecular flexibility index (Phi) is 5.98. The largest absolute Gasteiger partial charge is 0.444 e. The number of rotatable bonds is 4. The van der Waals surface area contributed by atoms with Gasteiger partial charge in [0.25, 0.3) is 0 Å². The Morgan fingerprint density at radius 1 is 1.20 bits per heavy atom. The Hall–Kier alpha value is -1.76. The van der Waals surface area contributed by atoms with E-state index in [1.165, 1.54) is 0 Å². The zero-order valence-corrected chi connectivity index (χ0v) is 16.0. The summed E-state index contributed by atoms with van der Waals surface area (Å²) in [5.74, 6) is 0.427. The first-order chi connectivity index (χ1) is 11.6. The van der Waals surface area contributed by atoms with Crippen LogP contribution in [0.5, 0.6) is 0 Å². The van der Waals surface area contributed by atoms with E-state index in [0.717, 1.165) is 12.8 Å². The highest BCUT2D eigenvalue weighted by Gasteiger charge is 2.27. The van der Waals surface area contributed by atoms with Crippen molar-refractivity contribution in [3.63, 3.8) is 0 Å². The molecule has 1 amide bonds. The second kappa shape index (κ2) is 7.64. The molecular weight excluding hydrogens is 340 g/mol. The zero-order chi connectivity index (χ0) is 18.7. The quantitative estimate of drug-likeness (QED) is 0.825. The number of anilines is 1. The maximum atomic E-state index is 12.4. The number of nitrogen functional groups attached to an aromatic ring is 1. The van der Waals surface area contributed by atoms with E-state index in [1.54, 1.807) is 29.2 Å². The van der Waals surface area contributed by atoms with Gasteiger partial charge >= 0.3 is 6.09 Å². The normalized spacial score (nSPS) is 16.7. The van der Waals surface area contributed by atoms with Crippen molar-refractivity contribution in [3.8, 4) is 0 Å². The summed E-state index contributed by atoms with van der Waals surface area (Å²) in [6.07, 6.45) is 1.92. The number of nitrogens with two attached hydrogens (primary N) is 1. The van der Waals surface area contributed by atoms with Crippen LogP contribution in [-0.2, 0) is 14.6 Å². The van der Waals surface area contributed by atoms with Crippen molar-refractivity contribution in [3.05, 3.63) is 24.3 Å². The first-order valence-corrected chi connectivity index (χ1v) is 10.3. The molecule has 1 aromatic rings. The van der Waals surface area contributed by atoms with Gasteiger partial charge in [-0.25, -0.2) is 13.2 Å². The summed E-state index contributed by atoms with van der Waals surface area (Å²) in [7, 11) is -3.29. The fraction of sp³-hybridized carbons (Fsp3) is 0.611. The van der Waals surface area contributed by atoms with Gasteiger partial charge in [0.05, 0.1) is 10.6 Å². The Balaban J connectivity index is 1.82. The SMILES string of the molecule is CC(C)(C)OC(=O)N1CCC(CCS(=O)(=O)c2ccc(N)cc2)CC1. The van der Waals surface area contributed by atoms with Crippen LogP contribution in [0.1, 0.15) is 40.0 Å². The highest BCUT2D eigenvalue weighted by atomic mass is 32.2.